The monoisotopic (exact) mass is 451 g/mol. The van der Waals surface area contributed by atoms with Gasteiger partial charge in [0, 0.05) is 29.7 Å². The van der Waals surface area contributed by atoms with E-state index in [2.05, 4.69) is 60.7 Å². The Labute approximate surface area is 164 Å². The highest BCUT2D eigenvalue weighted by atomic mass is 79.9. The number of rotatable bonds is 5. The second-order valence-corrected chi connectivity index (χ2v) is 5.67. The van der Waals surface area contributed by atoms with E-state index in [1.54, 1.807) is 0 Å². The standard InChI is InChI=1S/C19H21N3.2BrH/c1-22(2)13-12-20-19-14-18(15-8-4-3-5-9-15)21-17-11-7-6-10-16(17)19;;/h3-11,14H,12-13H2,1-2H3,(H,20,21);2*1H. The number of para-hydroxylation sites is 1. The molecule has 5 heteroatoms. The van der Waals surface area contributed by atoms with Crippen molar-refractivity contribution in [1.29, 1.82) is 0 Å². The van der Waals surface area contributed by atoms with Crippen LogP contribution in [0.25, 0.3) is 22.2 Å². The van der Waals surface area contributed by atoms with E-state index in [9.17, 15) is 0 Å². The molecule has 0 saturated carbocycles. The Morgan fingerprint density at radius 1 is 0.917 bits per heavy atom. The third-order valence-electron chi connectivity index (χ3n) is 3.66. The number of nitrogens with zero attached hydrogens (tertiary/aromatic N) is 2. The molecule has 0 aliphatic carbocycles. The molecule has 1 heterocycles. The number of benzene rings is 2. The van der Waals surface area contributed by atoms with Gasteiger partial charge >= 0.3 is 0 Å². The first-order valence-electron chi connectivity index (χ1n) is 7.58. The molecule has 3 rings (SSSR count). The van der Waals surface area contributed by atoms with Crippen molar-refractivity contribution in [3.8, 4) is 11.3 Å². The van der Waals surface area contributed by atoms with Gasteiger partial charge in [0.25, 0.3) is 0 Å². The molecular weight excluding hydrogens is 430 g/mol. The van der Waals surface area contributed by atoms with Gasteiger partial charge in [-0.3, -0.25) is 0 Å². The predicted octanol–water partition coefficient (Wildman–Crippen LogP) is 5.03. The highest BCUT2D eigenvalue weighted by Gasteiger charge is 2.07. The lowest BCUT2D eigenvalue weighted by atomic mass is 10.1. The third kappa shape index (κ3) is 5.03. The van der Waals surface area contributed by atoms with E-state index in [1.165, 1.54) is 5.39 Å². The van der Waals surface area contributed by atoms with E-state index in [1.807, 2.05) is 24.3 Å². The number of anilines is 1. The van der Waals surface area contributed by atoms with Crippen LogP contribution in [0.15, 0.2) is 60.7 Å². The van der Waals surface area contributed by atoms with Crippen molar-refractivity contribution < 1.29 is 0 Å². The van der Waals surface area contributed by atoms with Gasteiger partial charge in [0.1, 0.15) is 0 Å². The highest BCUT2D eigenvalue weighted by Crippen LogP contribution is 2.28. The predicted molar refractivity (Wildman–Crippen MR) is 115 cm³/mol. The molecule has 1 aromatic heterocycles. The summed E-state index contributed by atoms with van der Waals surface area (Å²) in [6.45, 7) is 1.91. The van der Waals surface area contributed by atoms with E-state index in [0.717, 1.165) is 35.6 Å². The van der Waals surface area contributed by atoms with Crippen molar-refractivity contribution in [2.24, 2.45) is 0 Å². The van der Waals surface area contributed by atoms with Crippen molar-refractivity contribution in [2.45, 2.75) is 0 Å². The van der Waals surface area contributed by atoms with Gasteiger partial charge in [0.15, 0.2) is 0 Å². The van der Waals surface area contributed by atoms with E-state index in [0.29, 0.717) is 0 Å². The van der Waals surface area contributed by atoms with E-state index >= 15 is 0 Å². The molecule has 3 aromatic rings. The molecule has 0 spiro atoms. The van der Waals surface area contributed by atoms with Crippen LogP contribution < -0.4 is 5.32 Å². The van der Waals surface area contributed by atoms with Gasteiger partial charge in [0.2, 0.25) is 0 Å². The third-order valence-corrected chi connectivity index (χ3v) is 3.66. The van der Waals surface area contributed by atoms with Crippen molar-refractivity contribution >= 4 is 50.6 Å². The summed E-state index contributed by atoms with van der Waals surface area (Å²) in [5.41, 5.74) is 4.32. The minimum absolute atomic E-state index is 0. The summed E-state index contributed by atoms with van der Waals surface area (Å²) < 4.78 is 0. The van der Waals surface area contributed by atoms with Crippen molar-refractivity contribution in [3.63, 3.8) is 0 Å². The summed E-state index contributed by atoms with van der Waals surface area (Å²) in [5.74, 6) is 0. The molecule has 0 aliphatic rings. The molecule has 0 unspecified atom stereocenters. The van der Waals surface area contributed by atoms with Crippen molar-refractivity contribution in [1.82, 2.24) is 9.88 Å². The minimum atomic E-state index is 0. The van der Waals surface area contributed by atoms with Gasteiger partial charge in [-0.05, 0) is 26.2 Å². The molecule has 0 aliphatic heterocycles. The Hall–Kier alpha value is -1.43. The SMILES string of the molecule is Br.Br.CN(C)CCNc1cc(-c2ccccc2)nc2ccccc12. The van der Waals surface area contributed by atoms with Crippen LogP contribution in [-0.4, -0.2) is 37.1 Å². The van der Waals surface area contributed by atoms with Crippen LogP contribution in [0.5, 0.6) is 0 Å². The van der Waals surface area contributed by atoms with Gasteiger partial charge < -0.3 is 10.2 Å². The number of pyridine rings is 1. The summed E-state index contributed by atoms with van der Waals surface area (Å²) in [4.78, 5) is 6.97. The number of hydrogen-bond acceptors (Lipinski definition) is 3. The number of halogens is 2. The van der Waals surface area contributed by atoms with Gasteiger partial charge in [-0.15, -0.1) is 34.0 Å². The maximum Gasteiger partial charge on any atom is 0.0730 e. The first kappa shape index (κ1) is 20.6. The quantitative estimate of drug-likeness (QED) is 0.588. The summed E-state index contributed by atoms with van der Waals surface area (Å²) in [6, 6.07) is 20.7. The molecule has 1 N–H and O–H groups in total. The average molecular weight is 453 g/mol. The van der Waals surface area contributed by atoms with Crippen LogP contribution >= 0.6 is 34.0 Å². The molecule has 128 valence electrons. The van der Waals surface area contributed by atoms with Gasteiger partial charge in [-0.2, -0.15) is 0 Å². The zero-order chi connectivity index (χ0) is 15.4. The molecule has 0 amide bonds. The Kier molecular flexibility index (Phi) is 8.39. The lowest BCUT2D eigenvalue weighted by Gasteiger charge is -2.14. The fourth-order valence-electron chi connectivity index (χ4n) is 2.49. The molecule has 0 fully saturated rings. The number of likely N-dealkylation sites (N-methyl/N-ethyl adjacent to an activating group) is 1. The summed E-state index contributed by atoms with van der Waals surface area (Å²) >= 11 is 0. The van der Waals surface area contributed by atoms with Crippen LogP contribution in [0.4, 0.5) is 5.69 Å². The molecule has 0 bridgehead atoms. The van der Waals surface area contributed by atoms with Crippen LogP contribution in [0.1, 0.15) is 0 Å². The molecule has 2 aromatic carbocycles. The number of nitrogens with one attached hydrogen (secondary N) is 1. The Balaban J connectivity index is 0.00000144. The van der Waals surface area contributed by atoms with Crippen LogP contribution in [0.3, 0.4) is 0 Å². The first-order chi connectivity index (χ1) is 10.7. The lowest BCUT2D eigenvalue weighted by molar-refractivity contribution is 0.425. The maximum absolute atomic E-state index is 4.80. The van der Waals surface area contributed by atoms with Crippen LogP contribution in [0.2, 0.25) is 0 Å². The van der Waals surface area contributed by atoms with Crippen molar-refractivity contribution in [3.05, 3.63) is 60.7 Å². The van der Waals surface area contributed by atoms with Gasteiger partial charge in [0.05, 0.1) is 11.2 Å². The number of fused-ring (bicyclic) bond motifs is 1. The summed E-state index contributed by atoms with van der Waals surface area (Å²) in [7, 11) is 4.17. The Morgan fingerprint density at radius 3 is 2.29 bits per heavy atom. The number of aromatic nitrogens is 1. The van der Waals surface area contributed by atoms with Crippen LogP contribution in [0, 0.1) is 0 Å². The van der Waals surface area contributed by atoms with Gasteiger partial charge in [-0.25, -0.2) is 4.98 Å². The van der Waals surface area contributed by atoms with E-state index in [-0.39, 0.29) is 34.0 Å². The fourth-order valence-corrected chi connectivity index (χ4v) is 2.49. The molecule has 3 nitrogen and oxygen atoms in total. The van der Waals surface area contributed by atoms with Gasteiger partial charge in [-0.1, -0.05) is 48.5 Å². The summed E-state index contributed by atoms with van der Waals surface area (Å²) in [6.07, 6.45) is 0. The minimum Gasteiger partial charge on any atom is -0.383 e. The fraction of sp³-hybridized carbons (Fsp3) is 0.211. The zero-order valence-corrected chi connectivity index (χ0v) is 17.3. The van der Waals surface area contributed by atoms with Crippen LogP contribution in [-0.2, 0) is 0 Å². The second-order valence-electron chi connectivity index (χ2n) is 5.67. The van der Waals surface area contributed by atoms with E-state index in [4.69, 9.17) is 4.98 Å². The normalized spacial score (nSPS) is 10.1. The Morgan fingerprint density at radius 2 is 1.58 bits per heavy atom. The lowest BCUT2D eigenvalue weighted by Crippen LogP contribution is -2.20. The topological polar surface area (TPSA) is 28.2 Å². The first-order valence-corrected chi connectivity index (χ1v) is 7.58. The maximum atomic E-state index is 4.80. The molecule has 24 heavy (non-hydrogen) atoms. The molecule has 0 saturated heterocycles. The molecular formula is C19H23Br2N3. The molecule has 0 radical (unpaired) electrons. The summed E-state index contributed by atoms with van der Waals surface area (Å²) in [5, 5.41) is 4.72. The largest absolute Gasteiger partial charge is 0.383 e. The zero-order valence-electron chi connectivity index (χ0n) is 13.9. The highest BCUT2D eigenvalue weighted by molar-refractivity contribution is 8.93. The number of hydrogen-bond donors (Lipinski definition) is 1. The average Bonchev–Trinajstić information content (AvgIpc) is 2.55. The van der Waals surface area contributed by atoms with E-state index < -0.39 is 0 Å². The van der Waals surface area contributed by atoms with Crippen molar-refractivity contribution in [2.75, 3.05) is 32.5 Å². The smallest absolute Gasteiger partial charge is 0.0730 e. The Bertz CT molecular complexity index is 761. The molecule has 0 atom stereocenters. The second kappa shape index (κ2) is 9.77.